The van der Waals surface area contributed by atoms with Gasteiger partial charge in [-0.15, -0.1) is 6.42 Å². The summed E-state index contributed by atoms with van der Waals surface area (Å²) in [6, 6.07) is 3.13. The lowest BCUT2D eigenvalue weighted by Gasteiger charge is -2.06. The molecule has 0 saturated heterocycles. The summed E-state index contributed by atoms with van der Waals surface area (Å²) in [4.78, 5) is 15.3. The summed E-state index contributed by atoms with van der Waals surface area (Å²) >= 11 is 0. The SMILES string of the molecule is C#CCNCC(=O)Nc1nc(C)ccc1O. The number of aromatic nitrogens is 1. The molecule has 0 aromatic carbocycles. The van der Waals surface area contributed by atoms with Crippen molar-refractivity contribution in [2.45, 2.75) is 6.92 Å². The Morgan fingerprint density at radius 2 is 2.38 bits per heavy atom. The van der Waals surface area contributed by atoms with Crippen molar-refractivity contribution in [3.63, 3.8) is 0 Å². The predicted octanol–water partition coefficient (Wildman–Crippen LogP) is 0.257. The number of amides is 1. The highest BCUT2D eigenvalue weighted by molar-refractivity contribution is 5.92. The van der Waals surface area contributed by atoms with E-state index in [1.165, 1.54) is 6.07 Å². The molecule has 0 atom stereocenters. The van der Waals surface area contributed by atoms with Gasteiger partial charge in [0.15, 0.2) is 11.6 Å². The first-order chi connectivity index (χ1) is 7.63. The Hall–Kier alpha value is -2.06. The van der Waals surface area contributed by atoms with Gasteiger partial charge in [-0.3, -0.25) is 10.1 Å². The van der Waals surface area contributed by atoms with Crippen molar-refractivity contribution < 1.29 is 9.90 Å². The summed E-state index contributed by atoms with van der Waals surface area (Å²) in [6.45, 7) is 2.17. The number of carbonyl (C=O) groups excluding carboxylic acids is 1. The van der Waals surface area contributed by atoms with Crippen molar-refractivity contribution >= 4 is 11.7 Å². The first-order valence-electron chi connectivity index (χ1n) is 4.74. The van der Waals surface area contributed by atoms with E-state index in [1.54, 1.807) is 13.0 Å². The molecule has 84 valence electrons. The molecule has 5 heteroatoms. The average Bonchev–Trinajstić information content (AvgIpc) is 2.24. The number of nitrogens with one attached hydrogen (secondary N) is 2. The maximum Gasteiger partial charge on any atom is 0.239 e. The zero-order chi connectivity index (χ0) is 12.0. The monoisotopic (exact) mass is 219 g/mol. The highest BCUT2D eigenvalue weighted by Crippen LogP contribution is 2.19. The molecular weight excluding hydrogens is 206 g/mol. The van der Waals surface area contributed by atoms with E-state index < -0.39 is 0 Å². The molecule has 16 heavy (non-hydrogen) atoms. The number of hydrogen-bond acceptors (Lipinski definition) is 4. The van der Waals surface area contributed by atoms with Gasteiger partial charge in [-0.1, -0.05) is 5.92 Å². The number of aryl methyl sites for hydroxylation is 1. The van der Waals surface area contributed by atoms with Crippen molar-refractivity contribution in [3.8, 4) is 18.1 Å². The Bertz CT molecular complexity index is 424. The van der Waals surface area contributed by atoms with Crippen molar-refractivity contribution in [1.29, 1.82) is 0 Å². The Balaban J connectivity index is 2.56. The maximum atomic E-state index is 11.4. The number of terminal acetylenes is 1. The van der Waals surface area contributed by atoms with E-state index in [9.17, 15) is 9.90 Å². The van der Waals surface area contributed by atoms with Crippen LogP contribution in [0, 0.1) is 19.3 Å². The maximum absolute atomic E-state index is 11.4. The van der Waals surface area contributed by atoms with Crippen LogP contribution in [0.2, 0.25) is 0 Å². The third-order valence-corrected chi connectivity index (χ3v) is 1.78. The Morgan fingerprint density at radius 1 is 1.62 bits per heavy atom. The van der Waals surface area contributed by atoms with Crippen molar-refractivity contribution in [1.82, 2.24) is 10.3 Å². The van der Waals surface area contributed by atoms with Gasteiger partial charge in [0.1, 0.15) is 0 Å². The second-order valence-electron chi connectivity index (χ2n) is 3.18. The largest absolute Gasteiger partial charge is 0.504 e. The second kappa shape index (κ2) is 5.73. The van der Waals surface area contributed by atoms with E-state index >= 15 is 0 Å². The van der Waals surface area contributed by atoms with Crippen molar-refractivity contribution in [2.75, 3.05) is 18.4 Å². The van der Waals surface area contributed by atoms with Gasteiger partial charge in [-0.25, -0.2) is 4.98 Å². The molecule has 5 nitrogen and oxygen atoms in total. The molecule has 0 bridgehead atoms. The number of aromatic hydroxyl groups is 1. The van der Waals surface area contributed by atoms with E-state index in [0.717, 1.165) is 0 Å². The molecule has 1 rings (SSSR count). The lowest BCUT2D eigenvalue weighted by molar-refractivity contribution is -0.115. The number of carbonyl (C=O) groups is 1. The third kappa shape index (κ3) is 3.59. The van der Waals surface area contributed by atoms with Crippen LogP contribution in [0.4, 0.5) is 5.82 Å². The Labute approximate surface area is 93.9 Å². The quantitative estimate of drug-likeness (QED) is 0.501. The van der Waals surface area contributed by atoms with Crippen LogP contribution in [-0.4, -0.2) is 29.1 Å². The van der Waals surface area contributed by atoms with Gasteiger partial charge in [0.25, 0.3) is 0 Å². The summed E-state index contributed by atoms with van der Waals surface area (Å²) in [5, 5.41) is 14.6. The first kappa shape index (κ1) is 12.0. The molecule has 0 saturated carbocycles. The number of hydrogen-bond donors (Lipinski definition) is 3. The molecule has 0 fully saturated rings. The lowest BCUT2D eigenvalue weighted by atomic mass is 10.3. The van der Waals surface area contributed by atoms with Crippen LogP contribution in [0.3, 0.4) is 0 Å². The highest BCUT2D eigenvalue weighted by atomic mass is 16.3. The number of anilines is 1. The minimum atomic E-state index is -0.302. The normalized spacial score (nSPS) is 9.50. The minimum absolute atomic E-state index is 0.0594. The standard InChI is InChI=1S/C11H13N3O2/c1-3-6-12-7-10(16)14-11-9(15)5-4-8(2)13-11/h1,4-5,12,15H,6-7H2,2H3,(H,13,14,16). The molecular formula is C11H13N3O2. The van der Waals surface area contributed by atoms with Crippen LogP contribution in [0.1, 0.15) is 5.69 Å². The molecule has 1 aromatic heterocycles. The van der Waals surface area contributed by atoms with Gasteiger partial charge in [-0.05, 0) is 19.1 Å². The molecule has 0 unspecified atom stereocenters. The van der Waals surface area contributed by atoms with Crippen LogP contribution < -0.4 is 10.6 Å². The Kier molecular flexibility index (Phi) is 4.30. The molecule has 1 heterocycles. The summed E-state index contributed by atoms with van der Waals surface area (Å²) in [5.74, 6) is 2.15. The van der Waals surface area contributed by atoms with E-state index in [-0.39, 0.29) is 24.0 Å². The van der Waals surface area contributed by atoms with Crippen LogP contribution in [0.15, 0.2) is 12.1 Å². The van der Waals surface area contributed by atoms with Crippen LogP contribution >= 0.6 is 0 Å². The van der Waals surface area contributed by atoms with Crippen molar-refractivity contribution in [2.24, 2.45) is 0 Å². The number of rotatable bonds is 4. The fraction of sp³-hybridized carbons (Fsp3) is 0.273. The van der Waals surface area contributed by atoms with Crippen LogP contribution in [-0.2, 0) is 4.79 Å². The molecule has 1 aromatic rings. The third-order valence-electron chi connectivity index (χ3n) is 1.78. The smallest absolute Gasteiger partial charge is 0.239 e. The van der Waals surface area contributed by atoms with Gasteiger partial charge >= 0.3 is 0 Å². The molecule has 0 aliphatic heterocycles. The van der Waals surface area contributed by atoms with Crippen LogP contribution in [0.25, 0.3) is 0 Å². The summed E-state index contributed by atoms with van der Waals surface area (Å²) in [6.07, 6.45) is 5.01. The Morgan fingerprint density at radius 3 is 3.06 bits per heavy atom. The van der Waals surface area contributed by atoms with Gasteiger partial charge in [0.05, 0.1) is 13.1 Å². The summed E-state index contributed by atoms with van der Waals surface area (Å²) < 4.78 is 0. The van der Waals surface area contributed by atoms with E-state index in [0.29, 0.717) is 12.2 Å². The number of pyridine rings is 1. The lowest BCUT2D eigenvalue weighted by Crippen LogP contribution is -2.28. The minimum Gasteiger partial charge on any atom is -0.504 e. The molecule has 0 aliphatic carbocycles. The molecule has 1 amide bonds. The van der Waals surface area contributed by atoms with Gasteiger partial charge < -0.3 is 10.4 Å². The molecule has 0 radical (unpaired) electrons. The zero-order valence-corrected chi connectivity index (χ0v) is 8.95. The highest BCUT2D eigenvalue weighted by Gasteiger charge is 2.07. The van der Waals surface area contributed by atoms with Crippen LogP contribution in [0.5, 0.6) is 5.75 Å². The predicted molar refractivity (Wildman–Crippen MR) is 61.0 cm³/mol. The fourth-order valence-electron chi connectivity index (χ4n) is 1.07. The summed E-state index contributed by atoms with van der Waals surface area (Å²) in [5.41, 5.74) is 0.713. The summed E-state index contributed by atoms with van der Waals surface area (Å²) in [7, 11) is 0. The van der Waals surface area contributed by atoms with E-state index in [4.69, 9.17) is 6.42 Å². The second-order valence-corrected chi connectivity index (χ2v) is 3.18. The molecule has 0 spiro atoms. The average molecular weight is 219 g/mol. The molecule has 0 aliphatic rings. The zero-order valence-electron chi connectivity index (χ0n) is 8.95. The topological polar surface area (TPSA) is 74.2 Å². The fourth-order valence-corrected chi connectivity index (χ4v) is 1.07. The van der Waals surface area contributed by atoms with E-state index in [2.05, 4.69) is 21.5 Å². The van der Waals surface area contributed by atoms with Gasteiger partial charge in [0.2, 0.25) is 5.91 Å². The number of nitrogens with zero attached hydrogens (tertiary/aromatic N) is 1. The van der Waals surface area contributed by atoms with Gasteiger partial charge in [-0.2, -0.15) is 0 Å². The molecule has 3 N–H and O–H groups in total. The first-order valence-corrected chi connectivity index (χ1v) is 4.74. The van der Waals surface area contributed by atoms with E-state index in [1.807, 2.05) is 0 Å². The van der Waals surface area contributed by atoms with Crippen molar-refractivity contribution in [3.05, 3.63) is 17.8 Å². The van der Waals surface area contributed by atoms with Gasteiger partial charge in [0, 0.05) is 5.69 Å².